The van der Waals surface area contributed by atoms with Crippen molar-refractivity contribution in [1.29, 1.82) is 0 Å². The zero-order valence-corrected chi connectivity index (χ0v) is 15.7. The van der Waals surface area contributed by atoms with Gasteiger partial charge in [0.05, 0.1) is 0 Å². The zero-order valence-electron chi connectivity index (χ0n) is 15.7. The van der Waals surface area contributed by atoms with Crippen LogP contribution in [0.2, 0.25) is 0 Å². The molecule has 0 spiro atoms. The SMILES string of the molecule is Cc1ccc(C=CC(=O)CCN2CCCCC2Cc2ccccc2)cc1. The Hall–Kier alpha value is -2.19. The first-order valence-corrected chi connectivity index (χ1v) is 9.76. The molecule has 0 radical (unpaired) electrons. The zero-order chi connectivity index (χ0) is 18.2. The fourth-order valence-corrected chi connectivity index (χ4v) is 3.68. The Balaban J connectivity index is 1.51. The molecule has 26 heavy (non-hydrogen) atoms. The minimum atomic E-state index is 0.217. The second kappa shape index (κ2) is 9.49. The average Bonchev–Trinajstić information content (AvgIpc) is 2.68. The molecule has 2 nitrogen and oxygen atoms in total. The van der Waals surface area contributed by atoms with E-state index in [-0.39, 0.29) is 5.78 Å². The van der Waals surface area contributed by atoms with Crippen molar-refractivity contribution in [2.45, 2.75) is 45.1 Å². The first-order chi connectivity index (χ1) is 12.7. The van der Waals surface area contributed by atoms with E-state index in [0.717, 1.165) is 25.1 Å². The van der Waals surface area contributed by atoms with E-state index in [1.54, 1.807) is 6.08 Å². The van der Waals surface area contributed by atoms with Crippen LogP contribution in [0.4, 0.5) is 0 Å². The molecule has 1 saturated heterocycles. The smallest absolute Gasteiger partial charge is 0.156 e. The third kappa shape index (κ3) is 5.67. The van der Waals surface area contributed by atoms with E-state index in [1.807, 2.05) is 6.08 Å². The van der Waals surface area contributed by atoms with Gasteiger partial charge in [-0.1, -0.05) is 72.7 Å². The normalized spacial score (nSPS) is 18.3. The summed E-state index contributed by atoms with van der Waals surface area (Å²) in [6, 6.07) is 19.5. The molecule has 1 aliphatic rings. The third-order valence-corrected chi connectivity index (χ3v) is 5.25. The number of carbonyl (C=O) groups is 1. The number of rotatable bonds is 7. The molecule has 1 aliphatic heterocycles. The average molecular weight is 348 g/mol. The summed E-state index contributed by atoms with van der Waals surface area (Å²) >= 11 is 0. The Bertz CT molecular complexity index is 718. The van der Waals surface area contributed by atoms with Crippen molar-refractivity contribution in [3.8, 4) is 0 Å². The Morgan fingerprint density at radius 2 is 1.85 bits per heavy atom. The van der Waals surface area contributed by atoms with Crippen LogP contribution in [0.25, 0.3) is 6.08 Å². The van der Waals surface area contributed by atoms with Crippen molar-refractivity contribution in [1.82, 2.24) is 4.90 Å². The first-order valence-electron chi connectivity index (χ1n) is 9.76. The van der Waals surface area contributed by atoms with Crippen LogP contribution in [0.5, 0.6) is 0 Å². The maximum Gasteiger partial charge on any atom is 0.156 e. The van der Waals surface area contributed by atoms with Gasteiger partial charge in [0.15, 0.2) is 5.78 Å². The molecule has 2 heteroatoms. The molecule has 0 aliphatic carbocycles. The summed E-state index contributed by atoms with van der Waals surface area (Å²) in [6.45, 7) is 4.06. The summed E-state index contributed by atoms with van der Waals surface area (Å²) in [5, 5.41) is 0. The molecular weight excluding hydrogens is 318 g/mol. The number of likely N-dealkylation sites (tertiary alicyclic amines) is 1. The van der Waals surface area contributed by atoms with Gasteiger partial charge >= 0.3 is 0 Å². The summed E-state index contributed by atoms with van der Waals surface area (Å²) in [7, 11) is 0. The largest absolute Gasteiger partial charge is 0.300 e. The summed E-state index contributed by atoms with van der Waals surface area (Å²) in [5.41, 5.74) is 3.72. The minimum Gasteiger partial charge on any atom is -0.300 e. The van der Waals surface area contributed by atoms with Crippen LogP contribution in [0.1, 0.15) is 42.4 Å². The maximum absolute atomic E-state index is 12.3. The number of allylic oxidation sites excluding steroid dienone is 1. The lowest BCUT2D eigenvalue weighted by Gasteiger charge is -2.35. The van der Waals surface area contributed by atoms with Crippen molar-refractivity contribution < 1.29 is 4.79 Å². The van der Waals surface area contributed by atoms with E-state index in [4.69, 9.17) is 0 Å². The van der Waals surface area contributed by atoms with Gasteiger partial charge in [0, 0.05) is 19.0 Å². The van der Waals surface area contributed by atoms with Crippen molar-refractivity contribution >= 4 is 11.9 Å². The molecule has 2 aromatic carbocycles. The van der Waals surface area contributed by atoms with Crippen molar-refractivity contribution in [3.63, 3.8) is 0 Å². The van der Waals surface area contributed by atoms with Crippen LogP contribution in [0.15, 0.2) is 60.7 Å². The molecule has 1 unspecified atom stereocenters. The fourth-order valence-electron chi connectivity index (χ4n) is 3.68. The maximum atomic E-state index is 12.3. The minimum absolute atomic E-state index is 0.217. The number of hydrogen-bond acceptors (Lipinski definition) is 2. The molecule has 0 saturated carbocycles. The third-order valence-electron chi connectivity index (χ3n) is 5.25. The molecule has 1 fully saturated rings. The Morgan fingerprint density at radius 3 is 2.62 bits per heavy atom. The molecule has 0 bridgehead atoms. The van der Waals surface area contributed by atoms with E-state index in [1.165, 1.54) is 30.4 Å². The fraction of sp³-hybridized carbons (Fsp3) is 0.375. The molecule has 0 aromatic heterocycles. The summed E-state index contributed by atoms with van der Waals surface area (Å²) in [5.74, 6) is 0.217. The van der Waals surface area contributed by atoms with Crippen LogP contribution >= 0.6 is 0 Å². The second-order valence-electron chi connectivity index (χ2n) is 7.34. The van der Waals surface area contributed by atoms with Gasteiger partial charge in [0.1, 0.15) is 0 Å². The number of benzene rings is 2. The number of ketones is 1. The van der Waals surface area contributed by atoms with Gasteiger partial charge in [-0.3, -0.25) is 9.69 Å². The van der Waals surface area contributed by atoms with E-state index >= 15 is 0 Å². The monoisotopic (exact) mass is 347 g/mol. The lowest BCUT2D eigenvalue weighted by Crippen LogP contribution is -2.41. The van der Waals surface area contributed by atoms with E-state index in [2.05, 4.69) is 66.4 Å². The number of hydrogen-bond donors (Lipinski definition) is 0. The van der Waals surface area contributed by atoms with Crippen LogP contribution in [-0.4, -0.2) is 29.8 Å². The predicted octanol–water partition coefficient (Wildman–Crippen LogP) is 5.06. The molecular formula is C24H29NO. The Labute approximate surface area is 157 Å². The molecule has 1 heterocycles. The van der Waals surface area contributed by atoms with Gasteiger partial charge in [-0.05, 0) is 49.9 Å². The van der Waals surface area contributed by atoms with Gasteiger partial charge < -0.3 is 0 Å². The highest BCUT2D eigenvalue weighted by Crippen LogP contribution is 2.21. The van der Waals surface area contributed by atoms with Crippen molar-refractivity contribution in [2.24, 2.45) is 0 Å². The van der Waals surface area contributed by atoms with Gasteiger partial charge in [-0.25, -0.2) is 0 Å². The summed E-state index contributed by atoms with van der Waals surface area (Å²) in [4.78, 5) is 14.8. The Kier molecular flexibility index (Phi) is 6.79. The van der Waals surface area contributed by atoms with Gasteiger partial charge in [-0.2, -0.15) is 0 Å². The van der Waals surface area contributed by atoms with Crippen molar-refractivity contribution in [2.75, 3.05) is 13.1 Å². The molecule has 136 valence electrons. The first kappa shape index (κ1) is 18.6. The van der Waals surface area contributed by atoms with E-state index in [9.17, 15) is 4.79 Å². The van der Waals surface area contributed by atoms with Crippen LogP contribution in [0, 0.1) is 6.92 Å². The highest BCUT2D eigenvalue weighted by Gasteiger charge is 2.22. The highest BCUT2D eigenvalue weighted by atomic mass is 16.1. The summed E-state index contributed by atoms with van der Waals surface area (Å²) < 4.78 is 0. The number of nitrogens with zero attached hydrogens (tertiary/aromatic N) is 1. The Morgan fingerprint density at radius 1 is 1.08 bits per heavy atom. The van der Waals surface area contributed by atoms with Gasteiger partial charge in [0.25, 0.3) is 0 Å². The lowest BCUT2D eigenvalue weighted by atomic mass is 9.95. The molecule has 1 atom stereocenters. The topological polar surface area (TPSA) is 20.3 Å². The highest BCUT2D eigenvalue weighted by molar-refractivity contribution is 5.93. The van der Waals surface area contributed by atoms with Crippen LogP contribution in [0.3, 0.4) is 0 Å². The second-order valence-corrected chi connectivity index (χ2v) is 7.34. The van der Waals surface area contributed by atoms with Crippen LogP contribution in [-0.2, 0) is 11.2 Å². The quantitative estimate of drug-likeness (QED) is 0.652. The molecule has 0 N–H and O–H groups in total. The van der Waals surface area contributed by atoms with Gasteiger partial charge in [0.2, 0.25) is 0 Å². The summed E-state index contributed by atoms with van der Waals surface area (Å²) in [6.07, 6.45) is 9.15. The number of piperidine rings is 1. The molecule has 3 rings (SSSR count). The van der Waals surface area contributed by atoms with Gasteiger partial charge in [-0.15, -0.1) is 0 Å². The van der Waals surface area contributed by atoms with E-state index in [0.29, 0.717) is 12.5 Å². The number of aryl methyl sites for hydroxylation is 1. The molecule has 2 aromatic rings. The van der Waals surface area contributed by atoms with Crippen LogP contribution < -0.4 is 0 Å². The lowest BCUT2D eigenvalue weighted by molar-refractivity contribution is -0.115. The predicted molar refractivity (Wildman–Crippen MR) is 109 cm³/mol. The van der Waals surface area contributed by atoms with Crippen molar-refractivity contribution in [3.05, 3.63) is 77.4 Å². The standard InChI is InChI=1S/C24H29NO/c1-20-10-12-21(13-11-20)14-15-24(26)16-18-25-17-6-5-9-23(25)19-22-7-3-2-4-8-22/h2-4,7-8,10-15,23H,5-6,9,16-19H2,1H3. The number of carbonyl (C=O) groups excluding carboxylic acids is 1. The van der Waals surface area contributed by atoms with E-state index < -0.39 is 0 Å². The molecule has 0 amide bonds.